The average Bonchev–Trinajstić information content (AvgIpc) is 2.46. The van der Waals surface area contributed by atoms with Gasteiger partial charge in [0.1, 0.15) is 0 Å². The Morgan fingerprint density at radius 1 is 1.48 bits per heavy atom. The Labute approximate surface area is 122 Å². The second kappa shape index (κ2) is 6.53. The topological polar surface area (TPSA) is 72.1 Å². The number of nitrogens with zero attached hydrogens (tertiary/aromatic N) is 1. The van der Waals surface area contributed by atoms with Gasteiger partial charge in [0.15, 0.2) is 6.10 Å². The van der Waals surface area contributed by atoms with Crippen molar-refractivity contribution >= 4 is 5.97 Å². The van der Waals surface area contributed by atoms with E-state index in [1.807, 2.05) is 0 Å². The molecule has 0 radical (unpaired) electrons. The molecule has 106 valence electrons. The SMILES string of the molecule is C#CC[C@H](OC(=O)c1cc(C)[nH]c(=O)c1)c1ccccn1. The number of H-pyrrole nitrogens is 1. The molecule has 0 unspecified atom stereocenters. The van der Waals surface area contributed by atoms with Crippen LogP contribution < -0.4 is 5.56 Å². The van der Waals surface area contributed by atoms with E-state index in [9.17, 15) is 9.59 Å². The number of carbonyl (C=O) groups is 1. The monoisotopic (exact) mass is 282 g/mol. The quantitative estimate of drug-likeness (QED) is 0.687. The molecule has 1 N–H and O–H groups in total. The summed E-state index contributed by atoms with van der Waals surface area (Å²) in [5, 5.41) is 0. The normalized spacial score (nSPS) is 11.4. The van der Waals surface area contributed by atoms with Crippen LogP contribution in [0.25, 0.3) is 0 Å². The van der Waals surface area contributed by atoms with E-state index in [1.54, 1.807) is 37.4 Å². The van der Waals surface area contributed by atoms with Crippen LogP contribution in [0.2, 0.25) is 0 Å². The molecule has 0 saturated heterocycles. The molecule has 0 saturated carbocycles. The van der Waals surface area contributed by atoms with Crippen LogP contribution in [0.5, 0.6) is 0 Å². The number of aromatic nitrogens is 2. The lowest BCUT2D eigenvalue weighted by Crippen LogP contribution is -2.16. The van der Waals surface area contributed by atoms with Gasteiger partial charge in [0, 0.05) is 18.0 Å². The number of nitrogens with one attached hydrogen (secondary N) is 1. The van der Waals surface area contributed by atoms with Crippen molar-refractivity contribution in [1.82, 2.24) is 9.97 Å². The molecule has 0 spiro atoms. The van der Waals surface area contributed by atoms with Crippen LogP contribution in [0, 0.1) is 19.3 Å². The van der Waals surface area contributed by atoms with Crippen molar-refractivity contribution in [3.63, 3.8) is 0 Å². The molecular formula is C16H14N2O3. The summed E-state index contributed by atoms with van der Waals surface area (Å²) in [6, 6.07) is 8.03. The fourth-order valence-electron chi connectivity index (χ4n) is 1.88. The highest BCUT2D eigenvalue weighted by atomic mass is 16.5. The summed E-state index contributed by atoms with van der Waals surface area (Å²) in [4.78, 5) is 30.2. The molecule has 0 aliphatic carbocycles. The number of pyridine rings is 2. The van der Waals surface area contributed by atoms with Crippen molar-refractivity contribution in [2.75, 3.05) is 0 Å². The fraction of sp³-hybridized carbons (Fsp3) is 0.188. The third-order valence-electron chi connectivity index (χ3n) is 2.78. The number of rotatable bonds is 4. The van der Waals surface area contributed by atoms with Gasteiger partial charge >= 0.3 is 5.97 Å². The average molecular weight is 282 g/mol. The Balaban J connectivity index is 2.23. The first kappa shape index (κ1) is 14.5. The van der Waals surface area contributed by atoms with Crippen molar-refractivity contribution in [3.8, 4) is 12.3 Å². The van der Waals surface area contributed by atoms with Crippen molar-refractivity contribution in [2.24, 2.45) is 0 Å². The smallest absolute Gasteiger partial charge is 0.339 e. The minimum atomic E-state index is -0.636. The standard InChI is InChI=1S/C16H14N2O3/c1-3-6-14(13-7-4-5-8-17-13)21-16(20)12-9-11(2)18-15(19)10-12/h1,4-5,7-10,14H,6H2,2H3,(H,18,19)/t14-/m0/s1. The molecule has 0 amide bonds. The van der Waals surface area contributed by atoms with Crippen molar-refractivity contribution in [3.05, 3.63) is 63.8 Å². The van der Waals surface area contributed by atoms with Crippen LogP contribution in [0.15, 0.2) is 41.3 Å². The van der Waals surface area contributed by atoms with Gasteiger partial charge in [0.2, 0.25) is 5.56 Å². The molecule has 5 heteroatoms. The molecule has 0 bridgehead atoms. The maximum Gasteiger partial charge on any atom is 0.339 e. The van der Waals surface area contributed by atoms with Crippen LogP contribution in [-0.4, -0.2) is 15.9 Å². The third-order valence-corrected chi connectivity index (χ3v) is 2.78. The molecule has 2 aromatic heterocycles. The number of aromatic amines is 1. The summed E-state index contributed by atoms with van der Waals surface area (Å²) in [6.07, 6.45) is 6.48. The van der Waals surface area contributed by atoms with Gasteiger partial charge < -0.3 is 9.72 Å². The Bertz CT molecular complexity index is 729. The van der Waals surface area contributed by atoms with Crippen LogP contribution in [-0.2, 0) is 4.74 Å². The van der Waals surface area contributed by atoms with Crippen LogP contribution in [0.1, 0.15) is 34.3 Å². The predicted octanol–water partition coefficient (Wildman–Crippen LogP) is 2.00. The molecule has 0 aromatic carbocycles. The summed E-state index contributed by atoms with van der Waals surface area (Å²) in [6.45, 7) is 1.69. The number of hydrogen-bond donors (Lipinski definition) is 1. The second-order valence-electron chi connectivity index (χ2n) is 4.47. The lowest BCUT2D eigenvalue weighted by Gasteiger charge is -2.15. The van der Waals surface area contributed by atoms with E-state index < -0.39 is 12.1 Å². The second-order valence-corrected chi connectivity index (χ2v) is 4.47. The zero-order valence-electron chi connectivity index (χ0n) is 11.5. The summed E-state index contributed by atoms with van der Waals surface area (Å²) < 4.78 is 5.38. The first-order chi connectivity index (χ1) is 10.1. The van der Waals surface area contributed by atoms with Gasteiger partial charge in [-0.05, 0) is 25.1 Å². The summed E-state index contributed by atoms with van der Waals surface area (Å²) in [5.41, 5.74) is 0.994. The Kier molecular flexibility index (Phi) is 4.52. The molecular weight excluding hydrogens is 268 g/mol. The van der Waals surface area contributed by atoms with E-state index in [2.05, 4.69) is 15.9 Å². The van der Waals surface area contributed by atoms with E-state index >= 15 is 0 Å². The molecule has 2 heterocycles. The van der Waals surface area contributed by atoms with Crippen LogP contribution in [0.4, 0.5) is 0 Å². The highest BCUT2D eigenvalue weighted by Gasteiger charge is 2.18. The van der Waals surface area contributed by atoms with Gasteiger partial charge in [0.05, 0.1) is 17.7 Å². The molecule has 5 nitrogen and oxygen atoms in total. The molecule has 1 atom stereocenters. The summed E-state index contributed by atoms with van der Waals surface area (Å²) in [5.74, 6) is 1.86. The molecule has 2 aromatic rings. The molecule has 21 heavy (non-hydrogen) atoms. The van der Waals surface area contributed by atoms with Gasteiger partial charge in [-0.15, -0.1) is 12.3 Å². The lowest BCUT2D eigenvalue weighted by molar-refractivity contribution is 0.0298. The van der Waals surface area contributed by atoms with E-state index in [0.717, 1.165) is 0 Å². The maximum atomic E-state index is 12.1. The van der Waals surface area contributed by atoms with E-state index in [1.165, 1.54) is 6.07 Å². The highest BCUT2D eigenvalue weighted by molar-refractivity contribution is 5.89. The minimum Gasteiger partial charge on any atom is -0.451 e. The number of carbonyl (C=O) groups excluding carboxylic acids is 1. The number of esters is 1. The third kappa shape index (κ3) is 3.80. The van der Waals surface area contributed by atoms with Gasteiger partial charge in [-0.25, -0.2) is 4.79 Å². The van der Waals surface area contributed by atoms with Crippen molar-refractivity contribution < 1.29 is 9.53 Å². The maximum absolute atomic E-state index is 12.1. The Morgan fingerprint density at radius 2 is 2.29 bits per heavy atom. The molecule has 0 fully saturated rings. The van der Waals surface area contributed by atoms with Gasteiger partial charge in [0.25, 0.3) is 0 Å². The fourth-order valence-corrected chi connectivity index (χ4v) is 1.88. The number of aryl methyl sites for hydroxylation is 1. The molecule has 2 rings (SSSR count). The zero-order chi connectivity index (χ0) is 15.2. The van der Waals surface area contributed by atoms with E-state index in [4.69, 9.17) is 11.2 Å². The summed E-state index contributed by atoms with van der Waals surface area (Å²) >= 11 is 0. The largest absolute Gasteiger partial charge is 0.451 e. The van der Waals surface area contributed by atoms with Gasteiger partial charge in [-0.3, -0.25) is 9.78 Å². The number of ether oxygens (including phenoxy) is 1. The van der Waals surface area contributed by atoms with Gasteiger partial charge in [-0.2, -0.15) is 0 Å². The van der Waals surface area contributed by atoms with Crippen LogP contribution >= 0.6 is 0 Å². The van der Waals surface area contributed by atoms with Crippen LogP contribution in [0.3, 0.4) is 0 Å². The zero-order valence-corrected chi connectivity index (χ0v) is 11.5. The van der Waals surface area contributed by atoms with Gasteiger partial charge in [-0.1, -0.05) is 6.07 Å². The Hall–Kier alpha value is -2.87. The predicted molar refractivity (Wildman–Crippen MR) is 77.6 cm³/mol. The number of terminal acetylenes is 1. The number of hydrogen-bond acceptors (Lipinski definition) is 4. The Morgan fingerprint density at radius 3 is 2.90 bits per heavy atom. The minimum absolute atomic E-state index is 0.189. The van der Waals surface area contributed by atoms with E-state index in [-0.39, 0.29) is 17.5 Å². The first-order valence-corrected chi connectivity index (χ1v) is 6.36. The molecule has 0 aliphatic rings. The van der Waals surface area contributed by atoms with E-state index in [0.29, 0.717) is 11.4 Å². The highest BCUT2D eigenvalue weighted by Crippen LogP contribution is 2.20. The van der Waals surface area contributed by atoms with Crippen molar-refractivity contribution in [2.45, 2.75) is 19.4 Å². The lowest BCUT2D eigenvalue weighted by atomic mass is 10.1. The molecule has 0 aliphatic heterocycles. The first-order valence-electron chi connectivity index (χ1n) is 6.36. The van der Waals surface area contributed by atoms with Crippen molar-refractivity contribution in [1.29, 1.82) is 0 Å². The summed E-state index contributed by atoms with van der Waals surface area (Å²) in [7, 11) is 0.